The minimum atomic E-state index is 0.453. The largest absolute Gasteiger partial charge is 0.383 e. The van der Waals surface area contributed by atoms with Crippen molar-refractivity contribution in [3.8, 4) is 0 Å². The van der Waals surface area contributed by atoms with E-state index in [9.17, 15) is 0 Å². The van der Waals surface area contributed by atoms with E-state index in [1.165, 1.54) is 5.69 Å². The molecule has 19 heavy (non-hydrogen) atoms. The predicted molar refractivity (Wildman–Crippen MR) is 80.6 cm³/mol. The van der Waals surface area contributed by atoms with Crippen LogP contribution in [0.2, 0.25) is 0 Å². The molecule has 1 aromatic heterocycles. The van der Waals surface area contributed by atoms with E-state index in [-0.39, 0.29) is 0 Å². The van der Waals surface area contributed by atoms with Crippen LogP contribution in [0, 0.1) is 0 Å². The van der Waals surface area contributed by atoms with Gasteiger partial charge in [0.05, 0.1) is 12.3 Å². The van der Waals surface area contributed by atoms with Gasteiger partial charge in [0, 0.05) is 38.1 Å². The lowest BCUT2D eigenvalue weighted by Gasteiger charge is -2.29. The Hall–Kier alpha value is -1.13. The van der Waals surface area contributed by atoms with Gasteiger partial charge < -0.3 is 15.0 Å². The maximum atomic E-state index is 5.18. The van der Waals surface area contributed by atoms with E-state index in [0.717, 1.165) is 38.4 Å². The molecule has 0 amide bonds. The first kappa shape index (κ1) is 15.9. The first-order chi connectivity index (χ1) is 9.19. The number of rotatable bonds is 9. The molecular weight excluding hydrogens is 238 g/mol. The van der Waals surface area contributed by atoms with Crippen molar-refractivity contribution < 1.29 is 4.74 Å². The Morgan fingerprint density at radius 1 is 1.42 bits per heavy atom. The zero-order chi connectivity index (χ0) is 14.1. The average molecular weight is 265 g/mol. The minimum absolute atomic E-state index is 0.453. The highest BCUT2D eigenvalue weighted by Crippen LogP contribution is 2.17. The second-order valence-electron chi connectivity index (χ2n) is 4.96. The van der Waals surface area contributed by atoms with Crippen LogP contribution < -0.4 is 10.2 Å². The Morgan fingerprint density at radius 3 is 2.84 bits per heavy atom. The summed E-state index contributed by atoms with van der Waals surface area (Å²) in [5, 5.41) is 3.38. The van der Waals surface area contributed by atoms with E-state index in [2.05, 4.69) is 48.1 Å². The van der Waals surface area contributed by atoms with Gasteiger partial charge in [-0.2, -0.15) is 0 Å². The molecule has 0 aliphatic carbocycles. The number of nitrogens with one attached hydrogen (secondary N) is 1. The van der Waals surface area contributed by atoms with E-state index in [0.29, 0.717) is 6.04 Å². The van der Waals surface area contributed by atoms with Gasteiger partial charge in [-0.1, -0.05) is 6.92 Å². The van der Waals surface area contributed by atoms with Crippen LogP contribution in [0.15, 0.2) is 18.3 Å². The van der Waals surface area contributed by atoms with Gasteiger partial charge in [0.25, 0.3) is 0 Å². The molecule has 0 bridgehead atoms. The molecule has 1 N–H and O–H groups in total. The standard InChI is InChI=1S/C15H27N3O/c1-5-7-16-12-14-11-15(6-8-17-14)18(13(2)3)9-10-19-4/h6,8,11,13,16H,5,7,9-10,12H2,1-4H3. The first-order valence-corrected chi connectivity index (χ1v) is 7.10. The van der Waals surface area contributed by atoms with E-state index in [1.54, 1.807) is 7.11 Å². The normalized spacial score (nSPS) is 11.0. The molecule has 0 aromatic carbocycles. The molecule has 0 atom stereocenters. The highest BCUT2D eigenvalue weighted by Gasteiger charge is 2.10. The molecule has 108 valence electrons. The number of pyridine rings is 1. The van der Waals surface area contributed by atoms with Gasteiger partial charge in [-0.3, -0.25) is 4.98 Å². The topological polar surface area (TPSA) is 37.4 Å². The quantitative estimate of drug-likeness (QED) is 0.696. The lowest BCUT2D eigenvalue weighted by molar-refractivity contribution is 0.204. The van der Waals surface area contributed by atoms with Crippen molar-refractivity contribution in [2.45, 2.75) is 39.8 Å². The van der Waals surface area contributed by atoms with E-state index >= 15 is 0 Å². The molecule has 1 aromatic rings. The second kappa shape index (κ2) is 8.88. The zero-order valence-corrected chi connectivity index (χ0v) is 12.6. The summed E-state index contributed by atoms with van der Waals surface area (Å²) >= 11 is 0. The molecule has 0 fully saturated rings. The molecule has 4 heteroatoms. The predicted octanol–water partition coefficient (Wildman–Crippen LogP) is 2.44. The summed E-state index contributed by atoms with van der Waals surface area (Å²) < 4.78 is 5.18. The van der Waals surface area contributed by atoms with Crippen molar-refractivity contribution in [1.82, 2.24) is 10.3 Å². The van der Waals surface area contributed by atoms with Crippen LogP contribution in [-0.4, -0.2) is 37.8 Å². The SMILES string of the molecule is CCCNCc1cc(N(CCOC)C(C)C)ccn1. The number of anilines is 1. The van der Waals surface area contributed by atoms with Crippen molar-refractivity contribution in [2.75, 3.05) is 31.7 Å². The maximum absolute atomic E-state index is 5.18. The monoisotopic (exact) mass is 265 g/mol. The van der Waals surface area contributed by atoms with Crippen LogP contribution in [0.5, 0.6) is 0 Å². The van der Waals surface area contributed by atoms with Gasteiger partial charge >= 0.3 is 0 Å². The van der Waals surface area contributed by atoms with Crippen LogP contribution in [-0.2, 0) is 11.3 Å². The van der Waals surface area contributed by atoms with E-state index in [4.69, 9.17) is 4.74 Å². The summed E-state index contributed by atoms with van der Waals surface area (Å²) in [7, 11) is 1.74. The number of ether oxygens (including phenoxy) is 1. The lowest BCUT2D eigenvalue weighted by Crippen LogP contribution is -2.34. The van der Waals surface area contributed by atoms with Crippen molar-refractivity contribution in [2.24, 2.45) is 0 Å². The number of hydrogen-bond donors (Lipinski definition) is 1. The Morgan fingerprint density at radius 2 is 2.21 bits per heavy atom. The van der Waals surface area contributed by atoms with Crippen LogP contribution >= 0.6 is 0 Å². The van der Waals surface area contributed by atoms with Crippen LogP contribution in [0.1, 0.15) is 32.9 Å². The second-order valence-corrected chi connectivity index (χ2v) is 4.96. The van der Waals surface area contributed by atoms with Gasteiger partial charge in [0.2, 0.25) is 0 Å². The van der Waals surface area contributed by atoms with Gasteiger partial charge in [-0.05, 0) is 38.9 Å². The summed E-state index contributed by atoms with van der Waals surface area (Å²) in [6, 6.07) is 4.69. The lowest BCUT2D eigenvalue weighted by atomic mass is 10.2. The van der Waals surface area contributed by atoms with Gasteiger partial charge in [0.1, 0.15) is 0 Å². The first-order valence-electron chi connectivity index (χ1n) is 7.10. The molecule has 0 saturated carbocycles. The highest BCUT2D eigenvalue weighted by molar-refractivity contribution is 5.47. The molecule has 1 heterocycles. The van der Waals surface area contributed by atoms with Crippen molar-refractivity contribution >= 4 is 5.69 Å². The zero-order valence-electron chi connectivity index (χ0n) is 12.6. The molecule has 0 aliphatic rings. The molecule has 4 nitrogen and oxygen atoms in total. The van der Waals surface area contributed by atoms with Gasteiger partial charge in [0.15, 0.2) is 0 Å². The van der Waals surface area contributed by atoms with Crippen molar-refractivity contribution in [3.63, 3.8) is 0 Å². The number of methoxy groups -OCH3 is 1. The summed E-state index contributed by atoms with van der Waals surface area (Å²) in [4.78, 5) is 6.75. The fraction of sp³-hybridized carbons (Fsp3) is 0.667. The smallest absolute Gasteiger partial charge is 0.0637 e. The molecule has 0 radical (unpaired) electrons. The Balaban J connectivity index is 2.70. The third-order valence-electron chi connectivity index (χ3n) is 3.02. The van der Waals surface area contributed by atoms with Gasteiger partial charge in [-0.25, -0.2) is 0 Å². The Labute approximate surface area is 117 Å². The number of aromatic nitrogens is 1. The Kier molecular flexibility index (Phi) is 7.45. The summed E-state index contributed by atoms with van der Waals surface area (Å²) in [5.41, 5.74) is 2.31. The maximum Gasteiger partial charge on any atom is 0.0637 e. The average Bonchev–Trinajstić information content (AvgIpc) is 2.40. The van der Waals surface area contributed by atoms with Crippen molar-refractivity contribution in [1.29, 1.82) is 0 Å². The molecule has 0 aliphatic heterocycles. The summed E-state index contributed by atoms with van der Waals surface area (Å²) in [6.45, 7) is 10.1. The van der Waals surface area contributed by atoms with E-state index in [1.807, 2.05) is 6.20 Å². The third kappa shape index (κ3) is 5.57. The number of hydrogen-bond acceptors (Lipinski definition) is 4. The van der Waals surface area contributed by atoms with Crippen LogP contribution in [0.3, 0.4) is 0 Å². The molecule has 0 unspecified atom stereocenters. The molecule has 0 saturated heterocycles. The summed E-state index contributed by atoms with van der Waals surface area (Å²) in [5.74, 6) is 0. The highest BCUT2D eigenvalue weighted by atomic mass is 16.5. The van der Waals surface area contributed by atoms with Crippen LogP contribution in [0.4, 0.5) is 5.69 Å². The molecule has 1 rings (SSSR count). The Bertz CT molecular complexity index is 355. The fourth-order valence-electron chi connectivity index (χ4n) is 2.01. The fourth-order valence-corrected chi connectivity index (χ4v) is 2.01. The minimum Gasteiger partial charge on any atom is -0.383 e. The third-order valence-corrected chi connectivity index (χ3v) is 3.02. The summed E-state index contributed by atoms with van der Waals surface area (Å²) in [6.07, 6.45) is 3.03. The molecular formula is C15H27N3O. The van der Waals surface area contributed by atoms with E-state index < -0.39 is 0 Å². The number of nitrogens with zero attached hydrogens (tertiary/aromatic N) is 2. The van der Waals surface area contributed by atoms with Gasteiger partial charge in [-0.15, -0.1) is 0 Å². The van der Waals surface area contributed by atoms with Crippen molar-refractivity contribution in [3.05, 3.63) is 24.0 Å². The molecule has 0 spiro atoms. The van der Waals surface area contributed by atoms with Crippen LogP contribution in [0.25, 0.3) is 0 Å².